The number of imidazole rings is 1. The minimum absolute atomic E-state index is 0.242. The van der Waals surface area contributed by atoms with Crippen LogP contribution in [0.1, 0.15) is 43.6 Å². The van der Waals surface area contributed by atoms with Gasteiger partial charge in [0.25, 0.3) is 0 Å². The SMILES string of the molecule is Cc1cccn2c3c(nc12)C(C)(C)CCC3. The number of fused-ring (bicyclic) bond motifs is 3. The fourth-order valence-corrected chi connectivity index (χ4v) is 2.85. The lowest BCUT2D eigenvalue weighted by molar-refractivity contribution is 0.418. The van der Waals surface area contributed by atoms with Gasteiger partial charge in [0, 0.05) is 17.3 Å². The van der Waals surface area contributed by atoms with Crippen molar-refractivity contribution < 1.29 is 0 Å². The Morgan fingerprint density at radius 1 is 1.38 bits per heavy atom. The molecule has 2 nitrogen and oxygen atoms in total. The summed E-state index contributed by atoms with van der Waals surface area (Å²) in [6.45, 7) is 6.76. The van der Waals surface area contributed by atoms with Crippen LogP contribution in [-0.2, 0) is 11.8 Å². The molecule has 3 rings (SSSR count). The Morgan fingerprint density at radius 2 is 2.19 bits per heavy atom. The van der Waals surface area contributed by atoms with E-state index in [2.05, 4.69) is 43.5 Å². The highest BCUT2D eigenvalue weighted by atomic mass is 15.0. The Labute approximate surface area is 96.3 Å². The molecule has 2 aromatic heterocycles. The average Bonchev–Trinajstić information content (AvgIpc) is 2.60. The molecule has 0 spiro atoms. The summed E-state index contributed by atoms with van der Waals surface area (Å²) in [5.41, 5.74) is 5.39. The molecule has 0 amide bonds. The molecular weight excluding hydrogens is 196 g/mol. The van der Waals surface area contributed by atoms with Gasteiger partial charge in [-0.3, -0.25) is 0 Å². The normalized spacial score (nSPS) is 18.7. The minimum Gasteiger partial charge on any atom is -0.304 e. The van der Waals surface area contributed by atoms with Crippen LogP contribution >= 0.6 is 0 Å². The van der Waals surface area contributed by atoms with Crippen LogP contribution in [0.25, 0.3) is 5.65 Å². The second-order valence-corrected chi connectivity index (χ2v) is 5.53. The van der Waals surface area contributed by atoms with Gasteiger partial charge in [-0.05, 0) is 37.8 Å². The predicted molar refractivity (Wildman–Crippen MR) is 65.9 cm³/mol. The van der Waals surface area contributed by atoms with E-state index in [1.54, 1.807) is 0 Å². The molecule has 84 valence electrons. The molecule has 1 aliphatic rings. The first-order valence-corrected chi connectivity index (χ1v) is 6.07. The van der Waals surface area contributed by atoms with Crippen molar-refractivity contribution in [2.24, 2.45) is 0 Å². The summed E-state index contributed by atoms with van der Waals surface area (Å²) in [4.78, 5) is 4.87. The van der Waals surface area contributed by atoms with Crippen LogP contribution in [0.2, 0.25) is 0 Å². The summed E-state index contributed by atoms with van der Waals surface area (Å²) < 4.78 is 2.28. The third kappa shape index (κ3) is 1.22. The van der Waals surface area contributed by atoms with Gasteiger partial charge in [0.15, 0.2) is 0 Å². The van der Waals surface area contributed by atoms with Crippen LogP contribution < -0.4 is 0 Å². The molecule has 2 heterocycles. The predicted octanol–water partition coefficient (Wildman–Crippen LogP) is 3.26. The van der Waals surface area contributed by atoms with Crippen molar-refractivity contribution in [1.82, 2.24) is 9.38 Å². The summed E-state index contributed by atoms with van der Waals surface area (Å²) in [7, 11) is 0. The van der Waals surface area contributed by atoms with E-state index in [0.717, 1.165) is 5.65 Å². The van der Waals surface area contributed by atoms with Gasteiger partial charge in [-0.25, -0.2) is 4.98 Å². The maximum Gasteiger partial charge on any atom is 0.140 e. The van der Waals surface area contributed by atoms with Crippen molar-refractivity contribution in [2.75, 3.05) is 0 Å². The summed E-state index contributed by atoms with van der Waals surface area (Å²) in [5, 5.41) is 0. The lowest BCUT2D eigenvalue weighted by Gasteiger charge is -2.28. The molecule has 1 aliphatic carbocycles. The van der Waals surface area contributed by atoms with Gasteiger partial charge < -0.3 is 4.40 Å². The Kier molecular flexibility index (Phi) is 1.91. The molecule has 0 radical (unpaired) electrons. The van der Waals surface area contributed by atoms with Crippen LogP contribution in [0.5, 0.6) is 0 Å². The summed E-state index contributed by atoms with van der Waals surface area (Å²) in [6.07, 6.45) is 5.85. The van der Waals surface area contributed by atoms with Crippen molar-refractivity contribution in [2.45, 2.75) is 45.4 Å². The molecule has 0 aromatic carbocycles. The zero-order chi connectivity index (χ0) is 11.3. The van der Waals surface area contributed by atoms with Gasteiger partial charge in [0.2, 0.25) is 0 Å². The second kappa shape index (κ2) is 3.09. The summed E-state index contributed by atoms with van der Waals surface area (Å²) in [5.74, 6) is 0. The van der Waals surface area contributed by atoms with Crippen molar-refractivity contribution in [3.8, 4) is 0 Å². The smallest absolute Gasteiger partial charge is 0.140 e. The molecule has 0 aliphatic heterocycles. The second-order valence-electron chi connectivity index (χ2n) is 5.53. The monoisotopic (exact) mass is 214 g/mol. The highest BCUT2D eigenvalue weighted by molar-refractivity contribution is 5.52. The molecule has 0 bridgehead atoms. The van der Waals surface area contributed by atoms with Gasteiger partial charge in [-0.15, -0.1) is 0 Å². The summed E-state index contributed by atoms with van der Waals surface area (Å²) in [6, 6.07) is 4.26. The fraction of sp³-hybridized carbons (Fsp3) is 0.500. The van der Waals surface area contributed by atoms with E-state index in [1.165, 1.54) is 36.2 Å². The van der Waals surface area contributed by atoms with E-state index in [1.807, 2.05) is 0 Å². The Balaban J connectivity index is 2.37. The maximum atomic E-state index is 4.87. The van der Waals surface area contributed by atoms with E-state index >= 15 is 0 Å². The van der Waals surface area contributed by atoms with Crippen LogP contribution in [0, 0.1) is 6.92 Å². The number of pyridine rings is 1. The Hall–Kier alpha value is -1.31. The molecular formula is C14H18N2. The van der Waals surface area contributed by atoms with E-state index in [4.69, 9.17) is 4.98 Å². The van der Waals surface area contributed by atoms with Crippen molar-refractivity contribution >= 4 is 5.65 Å². The first-order valence-electron chi connectivity index (χ1n) is 6.07. The molecule has 0 N–H and O–H groups in total. The quantitative estimate of drug-likeness (QED) is 0.658. The number of aromatic nitrogens is 2. The Bertz CT molecular complexity index is 549. The van der Waals surface area contributed by atoms with Crippen LogP contribution in [0.3, 0.4) is 0 Å². The van der Waals surface area contributed by atoms with Crippen LogP contribution in [0.4, 0.5) is 0 Å². The topological polar surface area (TPSA) is 17.3 Å². The van der Waals surface area contributed by atoms with E-state index < -0.39 is 0 Å². The average molecular weight is 214 g/mol. The van der Waals surface area contributed by atoms with Gasteiger partial charge >= 0.3 is 0 Å². The maximum absolute atomic E-state index is 4.87. The molecule has 2 aromatic rings. The molecule has 0 fully saturated rings. The van der Waals surface area contributed by atoms with Gasteiger partial charge in [0.1, 0.15) is 5.65 Å². The Morgan fingerprint density at radius 3 is 3.00 bits per heavy atom. The van der Waals surface area contributed by atoms with Crippen molar-refractivity contribution in [1.29, 1.82) is 0 Å². The van der Waals surface area contributed by atoms with E-state index in [9.17, 15) is 0 Å². The fourth-order valence-electron chi connectivity index (χ4n) is 2.85. The molecule has 0 saturated carbocycles. The first-order chi connectivity index (χ1) is 7.59. The van der Waals surface area contributed by atoms with Crippen LogP contribution in [-0.4, -0.2) is 9.38 Å². The standard InChI is InChI=1S/C14H18N2/c1-10-6-5-9-16-11-7-4-8-14(2,3)12(11)15-13(10)16/h5-6,9H,4,7-8H2,1-3H3. The van der Waals surface area contributed by atoms with Crippen LogP contribution in [0.15, 0.2) is 18.3 Å². The van der Waals surface area contributed by atoms with Crippen molar-refractivity contribution in [3.63, 3.8) is 0 Å². The van der Waals surface area contributed by atoms with Crippen molar-refractivity contribution in [3.05, 3.63) is 35.3 Å². The van der Waals surface area contributed by atoms with E-state index in [0.29, 0.717) is 0 Å². The summed E-state index contributed by atoms with van der Waals surface area (Å²) >= 11 is 0. The third-order valence-electron chi connectivity index (χ3n) is 3.80. The third-order valence-corrected chi connectivity index (χ3v) is 3.80. The van der Waals surface area contributed by atoms with Gasteiger partial charge in [0.05, 0.1) is 5.69 Å². The zero-order valence-corrected chi connectivity index (χ0v) is 10.2. The number of hydrogen-bond acceptors (Lipinski definition) is 1. The van der Waals surface area contributed by atoms with Gasteiger partial charge in [-0.1, -0.05) is 19.9 Å². The zero-order valence-electron chi connectivity index (χ0n) is 10.2. The largest absolute Gasteiger partial charge is 0.304 e. The number of rotatable bonds is 0. The number of nitrogens with zero attached hydrogens (tertiary/aromatic N) is 2. The lowest BCUT2D eigenvalue weighted by atomic mass is 9.78. The highest BCUT2D eigenvalue weighted by Gasteiger charge is 2.31. The molecule has 0 atom stereocenters. The first kappa shape index (κ1) is 9.88. The minimum atomic E-state index is 0.242. The van der Waals surface area contributed by atoms with E-state index in [-0.39, 0.29) is 5.41 Å². The lowest BCUT2D eigenvalue weighted by Crippen LogP contribution is -2.24. The number of aryl methyl sites for hydroxylation is 2. The molecule has 0 saturated heterocycles. The number of hydrogen-bond donors (Lipinski definition) is 0. The molecule has 2 heteroatoms. The molecule has 0 unspecified atom stereocenters. The van der Waals surface area contributed by atoms with Gasteiger partial charge in [-0.2, -0.15) is 0 Å². The highest BCUT2D eigenvalue weighted by Crippen LogP contribution is 2.36. The molecule has 16 heavy (non-hydrogen) atoms.